The van der Waals surface area contributed by atoms with Crippen LogP contribution in [0.4, 0.5) is 0 Å². The van der Waals surface area contributed by atoms with Crippen molar-refractivity contribution in [1.29, 1.82) is 0 Å². The number of ketones is 2. The average molecular weight is 278 g/mol. The maximum absolute atomic E-state index is 12.1. The van der Waals surface area contributed by atoms with Gasteiger partial charge in [0, 0.05) is 11.1 Å². The minimum absolute atomic E-state index is 0.000363. The molecule has 0 fully saturated rings. The highest BCUT2D eigenvalue weighted by atomic mass is 16.5. The second kappa shape index (κ2) is 6.53. The highest BCUT2D eigenvalue weighted by Gasteiger charge is 2.08. The van der Waals surface area contributed by atoms with Gasteiger partial charge in [0.05, 0.1) is 12.7 Å². The van der Waals surface area contributed by atoms with Gasteiger partial charge in [0.25, 0.3) is 0 Å². The third kappa shape index (κ3) is 3.58. The average Bonchev–Trinajstić information content (AvgIpc) is 2.52. The lowest BCUT2D eigenvalue weighted by Crippen LogP contribution is -1.99. The van der Waals surface area contributed by atoms with E-state index in [0.717, 1.165) is 0 Å². The molecule has 2 aromatic carbocycles. The Bertz CT molecular complexity index is 731. The number of carbonyl (C=O) groups excluding carboxylic acids is 2. The summed E-state index contributed by atoms with van der Waals surface area (Å²) >= 11 is 0. The van der Waals surface area contributed by atoms with E-state index >= 15 is 0 Å². The van der Waals surface area contributed by atoms with Gasteiger partial charge < -0.3 is 4.74 Å². The Kier molecular flexibility index (Phi) is 4.53. The van der Waals surface area contributed by atoms with Crippen LogP contribution >= 0.6 is 0 Å². The van der Waals surface area contributed by atoms with E-state index < -0.39 is 0 Å². The summed E-state index contributed by atoms with van der Waals surface area (Å²) in [4.78, 5) is 23.2. The van der Waals surface area contributed by atoms with E-state index in [9.17, 15) is 9.59 Å². The fourth-order valence-corrected chi connectivity index (χ4v) is 1.82. The first-order chi connectivity index (χ1) is 10.1. The molecule has 21 heavy (non-hydrogen) atoms. The lowest BCUT2D eigenvalue weighted by Gasteiger charge is -2.02. The second-order valence-corrected chi connectivity index (χ2v) is 4.41. The first kappa shape index (κ1) is 14.5. The number of ether oxygens (including phenoxy) is 1. The lowest BCUT2D eigenvalue weighted by atomic mass is 10.1. The molecule has 0 bridgehead atoms. The summed E-state index contributed by atoms with van der Waals surface area (Å²) in [6.45, 7) is 1.51. The number of benzene rings is 2. The van der Waals surface area contributed by atoms with Crippen LogP contribution in [0.5, 0.6) is 5.75 Å². The van der Waals surface area contributed by atoms with E-state index in [-0.39, 0.29) is 11.6 Å². The Morgan fingerprint density at radius 3 is 2.29 bits per heavy atom. The highest BCUT2D eigenvalue weighted by molar-refractivity contribution is 6.11. The summed E-state index contributed by atoms with van der Waals surface area (Å²) in [5.74, 6) is 5.58. The minimum Gasteiger partial charge on any atom is -0.496 e. The number of para-hydroxylation sites is 1. The largest absolute Gasteiger partial charge is 0.496 e. The molecule has 0 saturated carbocycles. The molecule has 0 atom stereocenters. The molecule has 104 valence electrons. The van der Waals surface area contributed by atoms with Crippen LogP contribution in [0.3, 0.4) is 0 Å². The molecule has 0 amide bonds. The molecule has 3 nitrogen and oxygen atoms in total. The van der Waals surface area contributed by atoms with Crippen LogP contribution in [-0.2, 0) is 0 Å². The molecule has 0 aliphatic carbocycles. The van der Waals surface area contributed by atoms with Crippen molar-refractivity contribution in [3.8, 4) is 17.6 Å². The van der Waals surface area contributed by atoms with Crippen LogP contribution in [0.1, 0.15) is 33.2 Å². The molecule has 0 aromatic heterocycles. The molecule has 0 radical (unpaired) electrons. The van der Waals surface area contributed by atoms with Gasteiger partial charge in [-0.1, -0.05) is 30.2 Å². The zero-order chi connectivity index (χ0) is 15.2. The van der Waals surface area contributed by atoms with Crippen molar-refractivity contribution in [3.63, 3.8) is 0 Å². The van der Waals surface area contributed by atoms with E-state index in [1.54, 1.807) is 48.5 Å². The number of rotatable bonds is 3. The van der Waals surface area contributed by atoms with Gasteiger partial charge >= 0.3 is 0 Å². The van der Waals surface area contributed by atoms with Crippen molar-refractivity contribution in [3.05, 3.63) is 65.2 Å². The molecule has 2 rings (SSSR count). The zero-order valence-electron chi connectivity index (χ0n) is 11.8. The molecule has 0 aliphatic heterocycles. The summed E-state index contributed by atoms with van der Waals surface area (Å²) in [5, 5.41) is 0. The smallest absolute Gasteiger partial charge is 0.239 e. The molecule has 0 N–H and O–H groups in total. The van der Waals surface area contributed by atoms with Crippen LogP contribution < -0.4 is 4.74 Å². The third-order valence-electron chi connectivity index (χ3n) is 2.96. The van der Waals surface area contributed by atoms with Gasteiger partial charge in [0.1, 0.15) is 5.75 Å². The van der Waals surface area contributed by atoms with Crippen molar-refractivity contribution in [2.45, 2.75) is 6.92 Å². The molecule has 0 aliphatic rings. The predicted molar refractivity (Wildman–Crippen MR) is 80.6 cm³/mol. The van der Waals surface area contributed by atoms with Gasteiger partial charge in [-0.25, -0.2) is 0 Å². The van der Waals surface area contributed by atoms with E-state index in [1.807, 2.05) is 0 Å². The predicted octanol–water partition coefficient (Wildman–Crippen LogP) is 3.13. The maximum Gasteiger partial charge on any atom is 0.239 e. The molecule has 0 heterocycles. The first-order valence-electron chi connectivity index (χ1n) is 6.42. The molecular weight excluding hydrogens is 264 g/mol. The van der Waals surface area contributed by atoms with Crippen molar-refractivity contribution in [2.75, 3.05) is 7.11 Å². The summed E-state index contributed by atoms with van der Waals surface area (Å²) in [6.07, 6.45) is 0. The van der Waals surface area contributed by atoms with Crippen LogP contribution in [-0.4, -0.2) is 18.7 Å². The highest BCUT2D eigenvalue weighted by Crippen LogP contribution is 2.17. The normalized spacial score (nSPS) is 9.43. The monoisotopic (exact) mass is 278 g/mol. The van der Waals surface area contributed by atoms with Crippen LogP contribution in [0.25, 0.3) is 0 Å². The number of hydrogen-bond acceptors (Lipinski definition) is 3. The van der Waals surface area contributed by atoms with E-state index in [1.165, 1.54) is 14.0 Å². The zero-order valence-corrected chi connectivity index (χ0v) is 11.8. The third-order valence-corrected chi connectivity index (χ3v) is 2.96. The lowest BCUT2D eigenvalue weighted by molar-refractivity contribution is 0.101. The summed E-state index contributed by atoms with van der Waals surface area (Å²) in [6, 6.07) is 13.8. The van der Waals surface area contributed by atoms with E-state index in [0.29, 0.717) is 22.4 Å². The minimum atomic E-state index is -0.303. The summed E-state index contributed by atoms with van der Waals surface area (Å²) < 4.78 is 5.13. The number of carbonyl (C=O) groups is 2. The molecule has 0 saturated heterocycles. The van der Waals surface area contributed by atoms with Gasteiger partial charge in [-0.15, -0.1) is 0 Å². The molecule has 2 aromatic rings. The van der Waals surface area contributed by atoms with Crippen LogP contribution in [0, 0.1) is 11.8 Å². The Morgan fingerprint density at radius 1 is 1.00 bits per heavy atom. The maximum atomic E-state index is 12.1. The van der Waals surface area contributed by atoms with Crippen LogP contribution in [0.2, 0.25) is 0 Å². The quantitative estimate of drug-likeness (QED) is 0.640. The van der Waals surface area contributed by atoms with Gasteiger partial charge in [-0.3, -0.25) is 9.59 Å². The fraction of sp³-hybridized carbons (Fsp3) is 0.111. The Balaban J connectivity index is 2.22. The van der Waals surface area contributed by atoms with E-state index in [2.05, 4.69) is 11.8 Å². The number of hydrogen-bond donors (Lipinski definition) is 0. The first-order valence-corrected chi connectivity index (χ1v) is 6.42. The van der Waals surface area contributed by atoms with Crippen molar-refractivity contribution in [1.82, 2.24) is 0 Å². The SMILES string of the molecule is COc1ccccc1C(=O)C#Cc1ccc(C(C)=O)cc1. The second-order valence-electron chi connectivity index (χ2n) is 4.41. The number of Topliss-reactive ketones (excluding diaryl/α,β-unsaturated/α-hetero) is 2. The molecule has 0 unspecified atom stereocenters. The van der Waals surface area contributed by atoms with Gasteiger partial charge in [-0.2, -0.15) is 0 Å². The molecule has 3 heteroatoms. The standard InChI is InChI=1S/C18H14O3/c1-13(19)15-10-7-14(8-11-15)9-12-17(20)16-5-3-4-6-18(16)21-2/h3-8,10-11H,1-2H3. The Hall–Kier alpha value is -2.86. The van der Waals surface area contributed by atoms with Crippen molar-refractivity contribution < 1.29 is 14.3 Å². The Labute approximate surface area is 123 Å². The fourth-order valence-electron chi connectivity index (χ4n) is 1.82. The van der Waals surface area contributed by atoms with Crippen molar-refractivity contribution in [2.24, 2.45) is 0 Å². The topological polar surface area (TPSA) is 43.4 Å². The summed E-state index contributed by atoms with van der Waals surface area (Å²) in [5.41, 5.74) is 1.74. The van der Waals surface area contributed by atoms with Crippen LogP contribution in [0.15, 0.2) is 48.5 Å². The molecular formula is C18H14O3. The van der Waals surface area contributed by atoms with Crippen molar-refractivity contribution >= 4 is 11.6 Å². The van der Waals surface area contributed by atoms with Gasteiger partial charge in [0.2, 0.25) is 5.78 Å². The Morgan fingerprint density at radius 2 is 1.67 bits per heavy atom. The van der Waals surface area contributed by atoms with Gasteiger partial charge in [0.15, 0.2) is 5.78 Å². The number of methoxy groups -OCH3 is 1. The van der Waals surface area contributed by atoms with E-state index in [4.69, 9.17) is 4.74 Å². The molecule has 0 spiro atoms. The summed E-state index contributed by atoms with van der Waals surface area (Å²) in [7, 11) is 1.51. The van der Waals surface area contributed by atoms with Gasteiger partial charge in [-0.05, 0) is 37.1 Å².